The zero-order valence-electron chi connectivity index (χ0n) is 12.1. The molecule has 1 N–H and O–H groups in total. The first-order chi connectivity index (χ1) is 10.2. The predicted octanol–water partition coefficient (Wildman–Crippen LogP) is 3.35. The molecule has 0 aliphatic heterocycles. The molecule has 2 aromatic carbocycles. The van der Waals surface area contributed by atoms with Crippen LogP contribution in [0.15, 0.2) is 61.2 Å². The molecule has 0 fully saturated rings. The molecule has 0 bridgehead atoms. The topological polar surface area (TPSA) is 38.3 Å². The van der Waals surface area contributed by atoms with Gasteiger partial charge in [0.15, 0.2) is 0 Å². The molecule has 0 unspecified atom stereocenters. The van der Waals surface area contributed by atoms with Gasteiger partial charge in [0.25, 0.3) is 5.91 Å². The maximum Gasteiger partial charge on any atom is 0.251 e. The molecule has 0 aromatic heterocycles. The molecule has 108 valence electrons. The van der Waals surface area contributed by atoms with Crippen molar-refractivity contribution in [2.75, 3.05) is 7.11 Å². The van der Waals surface area contributed by atoms with E-state index in [0.717, 1.165) is 16.9 Å². The Morgan fingerprint density at radius 3 is 2.67 bits per heavy atom. The van der Waals surface area contributed by atoms with Gasteiger partial charge in [-0.1, -0.05) is 36.4 Å². The minimum absolute atomic E-state index is 0.0849. The monoisotopic (exact) mass is 281 g/mol. The highest BCUT2D eigenvalue weighted by Gasteiger charge is 2.11. The van der Waals surface area contributed by atoms with Crippen molar-refractivity contribution < 1.29 is 9.53 Å². The molecule has 2 rings (SSSR count). The Balaban J connectivity index is 2.12. The van der Waals surface area contributed by atoms with Crippen molar-refractivity contribution in [2.24, 2.45) is 0 Å². The van der Waals surface area contributed by atoms with E-state index in [1.807, 2.05) is 36.4 Å². The number of carbonyl (C=O) groups excluding carboxylic acids is 1. The molecule has 0 saturated heterocycles. The summed E-state index contributed by atoms with van der Waals surface area (Å²) in [5.74, 6) is 0.657. The first-order valence-corrected chi connectivity index (χ1v) is 6.84. The Labute approximate surface area is 125 Å². The minimum Gasteiger partial charge on any atom is -0.497 e. The van der Waals surface area contributed by atoms with E-state index in [9.17, 15) is 4.79 Å². The summed E-state index contributed by atoms with van der Waals surface area (Å²) in [4.78, 5) is 12.3. The molecule has 0 atom stereocenters. The second-order valence-corrected chi connectivity index (χ2v) is 4.68. The minimum atomic E-state index is -0.0849. The first kappa shape index (κ1) is 14.9. The van der Waals surface area contributed by atoms with Crippen molar-refractivity contribution in [2.45, 2.75) is 13.0 Å². The number of allylic oxidation sites excluding steroid dienone is 1. The van der Waals surface area contributed by atoms with E-state index >= 15 is 0 Å². The van der Waals surface area contributed by atoms with Crippen molar-refractivity contribution in [1.82, 2.24) is 5.32 Å². The fraction of sp³-hybridized carbons (Fsp3) is 0.167. The summed E-state index contributed by atoms with van der Waals surface area (Å²) in [7, 11) is 1.61. The lowest BCUT2D eigenvalue weighted by Crippen LogP contribution is -2.24. The molecular weight excluding hydrogens is 262 g/mol. The lowest BCUT2D eigenvalue weighted by atomic mass is 10.0. The van der Waals surface area contributed by atoms with E-state index < -0.39 is 0 Å². The summed E-state index contributed by atoms with van der Waals surface area (Å²) < 4.78 is 5.20. The van der Waals surface area contributed by atoms with Gasteiger partial charge in [-0.05, 0) is 35.7 Å². The van der Waals surface area contributed by atoms with Crippen LogP contribution in [0.3, 0.4) is 0 Å². The first-order valence-electron chi connectivity index (χ1n) is 6.84. The highest BCUT2D eigenvalue weighted by molar-refractivity contribution is 5.95. The quantitative estimate of drug-likeness (QED) is 0.825. The van der Waals surface area contributed by atoms with E-state index in [1.165, 1.54) is 0 Å². The zero-order chi connectivity index (χ0) is 15.1. The van der Waals surface area contributed by atoms with Crippen LogP contribution in [0.5, 0.6) is 5.75 Å². The van der Waals surface area contributed by atoms with Gasteiger partial charge >= 0.3 is 0 Å². The van der Waals surface area contributed by atoms with Gasteiger partial charge < -0.3 is 10.1 Å². The third-order valence-electron chi connectivity index (χ3n) is 3.22. The van der Waals surface area contributed by atoms with Gasteiger partial charge in [-0.3, -0.25) is 4.79 Å². The van der Waals surface area contributed by atoms with E-state index in [0.29, 0.717) is 18.5 Å². The van der Waals surface area contributed by atoms with Crippen molar-refractivity contribution in [3.63, 3.8) is 0 Å². The SMILES string of the molecule is C=CCc1cc(OC)ccc1C(=O)NCc1ccccc1. The second-order valence-electron chi connectivity index (χ2n) is 4.68. The third-order valence-corrected chi connectivity index (χ3v) is 3.22. The van der Waals surface area contributed by atoms with Crippen molar-refractivity contribution in [3.8, 4) is 5.75 Å². The van der Waals surface area contributed by atoms with Crippen molar-refractivity contribution in [3.05, 3.63) is 77.9 Å². The predicted molar refractivity (Wildman–Crippen MR) is 84.5 cm³/mol. The number of benzene rings is 2. The summed E-state index contributed by atoms with van der Waals surface area (Å²) in [6.45, 7) is 4.25. The Bertz CT molecular complexity index is 620. The molecule has 0 spiro atoms. The van der Waals surface area contributed by atoms with E-state index in [2.05, 4.69) is 11.9 Å². The number of ether oxygens (including phenoxy) is 1. The zero-order valence-corrected chi connectivity index (χ0v) is 12.1. The summed E-state index contributed by atoms with van der Waals surface area (Å²) in [6.07, 6.45) is 2.41. The highest BCUT2D eigenvalue weighted by Crippen LogP contribution is 2.18. The summed E-state index contributed by atoms with van der Waals surface area (Å²) >= 11 is 0. The fourth-order valence-corrected chi connectivity index (χ4v) is 2.12. The van der Waals surface area contributed by atoms with Crippen LogP contribution in [0.4, 0.5) is 0 Å². The number of hydrogen-bond donors (Lipinski definition) is 1. The van der Waals surface area contributed by atoms with Gasteiger partial charge in [0.1, 0.15) is 5.75 Å². The summed E-state index contributed by atoms with van der Waals surface area (Å²) in [5.41, 5.74) is 2.64. The number of carbonyl (C=O) groups is 1. The van der Waals surface area contributed by atoms with Gasteiger partial charge in [0.05, 0.1) is 7.11 Å². The lowest BCUT2D eigenvalue weighted by Gasteiger charge is -2.11. The molecule has 0 heterocycles. The molecule has 2 aromatic rings. The second kappa shape index (κ2) is 7.29. The number of rotatable bonds is 6. The number of amides is 1. The maximum absolute atomic E-state index is 12.3. The largest absolute Gasteiger partial charge is 0.497 e. The summed E-state index contributed by atoms with van der Waals surface area (Å²) in [6, 6.07) is 15.3. The van der Waals surface area contributed by atoms with Gasteiger partial charge in [-0.2, -0.15) is 0 Å². The number of methoxy groups -OCH3 is 1. The Morgan fingerprint density at radius 1 is 1.24 bits per heavy atom. The average Bonchev–Trinajstić information content (AvgIpc) is 2.54. The Morgan fingerprint density at radius 2 is 2.00 bits per heavy atom. The Kier molecular flexibility index (Phi) is 5.16. The molecule has 1 amide bonds. The van der Waals surface area contributed by atoms with Crippen LogP contribution in [0.1, 0.15) is 21.5 Å². The molecule has 3 nitrogen and oxygen atoms in total. The molecule has 0 aliphatic carbocycles. The molecule has 0 saturated carbocycles. The highest BCUT2D eigenvalue weighted by atomic mass is 16.5. The third kappa shape index (κ3) is 3.96. The maximum atomic E-state index is 12.3. The van der Waals surface area contributed by atoms with Gasteiger partial charge in [-0.15, -0.1) is 6.58 Å². The molecule has 0 aliphatic rings. The Hall–Kier alpha value is -2.55. The smallest absolute Gasteiger partial charge is 0.251 e. The van der Waals surface area contributed by atoms with Crippen LogP contribution >= 0.6 is 0 Å². The van der Waals surface area contributed by atoms with Crippen LogP contribution in [0.25, 0.3) is 0 Å². The fourth-order valence-electron chi connectivity index (χ4n) is 2.12. The summed E-state index contributed by atoms with van der Waals surface area (Å²) in [5, 5.41) is 2.94. The average molecular weight is 281 g/mol. The van der Waals surface area contributed by atoms with Crippen molar-refractivity contribution in [1.29, 1.82) is 0 Å². The normalized spacial score (nSPS) is 9.95. The van der Waals surface area contributed by atoms with Crippen molar-refractivity contribution >= 4 is 5.91 Å². The van der Waals surface area contributed by atoms with Gasteiger partial charge in [0.2, 0.25) is 0 Å². The van der Waals surface area contributed by atoms with E-state index in [-0.39, 0.29) is 5.91 Å². The number of nitrogens with one attached hydrogen (secondary N) is 1. The van der Waals surface area contributed by atoms with Crippen LogP contribution in [0.2, 0.25) is 0 Å². The van der Waals surface area contributed by atoms with E-state index in [1.54, 1.807) is 25.3 Å². The van der Waals surface area contributed by atoms with Gasteiger partial charge in [0, 0.05) is 12.1 Å². The van der Waals surface area contributed by atoms with Crippen LogP contribution in [0, 0.1) is 0 Å². The molecule has 3 heteroatoms. The number of hydrogen-bond acceptors (Lipinski definition) is 2. The van der Waals surface area contributed by atoms with Gasteiger partial charge in [-0.25, -0.2) is 0 Å². The van der Waals surface area contributed by atoms with Crippen LogP contribution < -0.4 is 10.1 Å². The van der Waals surface area contributed by atoms with E-state index in [4.69, 9.17) is 4.74 Å². The lowest BCUT2D eigenvalue weighted by molar-refractivity contribution is 0.0950. The molecule has 0 radical (unpaired) electrons. The standard InChI is InChI=1S/C18H19NO2/c1-3-7-15-12-16(21-2)10-11-17(15)18(20)19-13-14-8-5-4-6-9-14/h3-6,8-12H,1,7,13H2,2H3,(H,19,20). The molecular formula is C18H19NO2. The molecule has 21 heavy (non-hydrogen) atoms. The van der Waals surface area contributed by atoms with Crippen LogP contribution in [-0.4, -0.2) is 13.0 Å². The van der Waals surface area contributed by atoms with Crippen LogP contribution in [-0.2, 0) is 13.0 Å².